The highest BCUT2D eigenvalue weighted by molar-refractivity contribution is 7.18. The molecule has 2 amide bonds. The molecule has 2 aliphatic rings. The van der Waals surface area contributed by atoms with E-state index in [1.54, 1.807) is 38.9 Å². The van der Waals surface area contributed by atoms with Crippen LogP contribution in [0, 0.1) is 18.7 Å². The van der Waals surface area contributed by atoms with E-state index in [1.807, 2.05) is 50.4 Å². The highest BCUT2D eigenvalue weighted by Gasteiger charge is 2.42. The fourth-order valence-electron chi connectivity index (χ4n) is 7.08. The number of hydrogen-bond donors (Lipinski definition) is 1. The highest BCUT2D eigenvalue weighted by atomic mass is 35.5. The lowest BCUT2D eigenvalue weighted by atomic mass is 9.79. The number of aliphatic hydroxyl groups is 1. The van der Waals surface area contributed by atoms with Crippen molar-refractivity contribution in [2.45, 2.75) is 44.2 Å². The Morgan fingerprint density at radius 3 is 2.53 bits per heavy atom. The number of amides is 2. The van der Waals surface area contributed by atoms with E-state index in [-0.39, 0.29) is 46.9 Å². The number of aryl methyl sites for hydroxylation is 2. The van der Waals surface area contributed by atoms with Gasteiger partial charge in [0.1, 0.15) is 16.9 Å². The molecule has 1 aromatic carbocycles. The molecule has 0 spiro atoms. The summed E-state index contributed by atoms with van der Waals surface area (Å²) >= 11 is 7.40. The first kappa shape index (κ1) is 33.1. The van der Waals surface area contributed by atoms with E-state index < -0.39 is 23.2 Å². The minimum Gasteiger partial charge on any atom is -0.388 e. The molecule has 0 aliphatic carbocycles. The van der Waals surface area contributed by atoms with Crippen molar-refractivity contribution in [1.29, 1.82) is 0 Å². The lowest BCUT2D eigenvalue weighted by Gasteiger charge is -2.43. The zero-order chi connectivity index (χ0) is 34.4. The summed E-state index contributed by atoms with van der Waals surface area (Å²) < 4.78 is 18.7. The van der Waals surface area contributed by atoms with Crippen molar-refractivity contribution in [3.05, 3.63) is 105 Å². The number of aromatic nitrogens is 4. The zero-order valence-electron chi connectivity index (χ0n) is 27.2. The van der Waals surface area contributed by atoms with Crippen LogP contribution in [0.4, 0.5) is 4.39 Å². The number of nitrogens with zero attached hydrogens (tertiary/aromatic N) is 6. The molecule has 49 heavy (non-hydrogen) atoms. The second kappa shape index (κ2) is 13.1. The maximum Gasteiger partial charge on any atom is 0.267 e. The molecule has 4 aromatic heterocycles. The summed E-state index contributed by atoms with van der Waals surface area (Å²) in [6, 6.07) is 15.0. The van der Waals surface area contributed by atoms with Crippen molar-refractivity contribution in [1.82, 2.24) is 28.9 Å². The Bertz CT molecular complexity index is 2090. The predicted octanol–water partition coefficient (Wildman–Crippen LogP) is 5.26. The molecule has 13 heteroatoms. The second-order valence-electron chi connectivity index (χ2n) is 13.1. The van der Waals surface area contributed by atoms with Gasteiger partial charge in [0.2, 0.25) is 5.91 Å². The Morgan fingerprint density at radius 1 is 1.06 bits per heavy atom. The Morgan fingerprint density at radius 2 is 1.82 bits per heavy atom. The first-order chi connectivity index (χ1) is 23.5. The molecule has 0 radical (unpaired) electrons. The van der Waals surface area contributed by atoms with Gasteiger partial charge >= 0.3 is 0 Å². The summed E-state index contributed by atoms with van der Waals surface area (Å²) in [6.45, 7) is 3.13. The molecule has 0 saturated carbocycles. The molecular weight excluding hydrogens is 667 g/mol. The molecule has 1 N–H and O–H groups in total. The normalized spacial score (nSPS) is 19.4. The van der Waals surface area contributed by atoms with Crippen molar-refractivity contribution >= 4 is 45.8 Å². The molecule has 10 nitrogen and oxygen atoms in total. The maximum atomic E-state index is 15.5. The third-order valence-electron chi connectivity index (χ3n) is 9.93. The quantitative estimate of drug-likeness (QED) is 0.259. The SMILES string of the molecule is Cc1ccc(-c2sc(C(=O)N3CC[C@@H](C(=O)N4CCC(O)(Cn5cnc6c(ccn6C)c5=O)CC4)[C@H](c4ccccc4)C3)c(F)c2Cl)cn1. The van der Waals surface area contributed by atoms with E-state index in [0.29, 0.717) is 53.8 Å². The first-order valence-electron chi connectivity index (χ1n) is 16.3. The van der Waals surface area contributed by atoms with Crippen molar-refractivity contribution in [3.63, 3.8) is 0 Å². The number of thiophene rings is 1. The molecule has 2 saturated heterocycles. The van der Waals surface area contributed by atoms with Gasteiger partial charge in [-0.3, -0.25) is 23.9 Å². The van der Waals surface area contributed by atoms with Gasteiger partial charge in [-0.25, -0.2) is 9.37 Å². The Kier molecular flexibility index (Phi) is 8.89. The molecule has 7 rings (SSSR count). The van der Waals surface area contributed by atoms with E-state index in [9.17, 15) is 19.5 Å². The van der Waals surface area contributed by atoms with Crippen LogP contribution in [0.25, 0.3) is 21.5 Å². The van der Waals surface area contributed by atoms with Crippen molar-refractivity contribution in [2.24, 2.45) is 13.0 Å². The summed E-state index contributed by atoms with van der Waals surface area (Å²) in [5.41, 5.74) is 1.58. The molecule has 2 atom stereocenters. The number of rotatable bonds is 6. The van der Waals surface area contributed by atoms with Crippen LogP contribution in [0.1, 0.15) is 46.1 Å². The number of benzene rings is 1. The predicted molar refractivity (Wildman–Crippen MR) is 186 cm³/mol. The van der Waals surface area contributed by atoms with E-state index in [4.69, 9.17) is 11.6 Å². The maximum absolute atomic E-state index is 15.5. The fraction of sp³-hybridized carbons (Fsp3) is 0.361. The number of pyridine rings is 1. The van der Waals surface area contributed by atoms with Gasteiger partial charge in [0.15, 0.2) is 5.82 Å². The topological polar surface area (TPSA) is 114 Å². The lowest BCUT2D eigenvalue weighted by molar-refractivity contribution is -0.142. The highest BCUT2D eigenvalue weighted by Crippen LogP contribution is 2.41. The number of hydrogen-bond acceptors (Lipinski definition) is 7. The summed E-state index contributed by atoms with van der Waals surface area (Å²) in [6.07, 6.45) is 5.88. The smallest absolute Gasteiger partial charge is 0.267 e. The van der Waals surface area contributed by atoms with Gasteiger partial charge < -0.3 is 19.5 Å². The number of carbonyl (C=O) groups is 2. The largest absolute Gasteiger partial charge is 0.388 e. The molecule has 0 bridgehead atoms. The number of piperidine rings is 2. The van der Waals surface area contributed by atoms with E-state index in [0.717, 1.165) is 22.6 Å². The van der Waals surface area contributed by atoms with E-state index in [1.165, 1.54) is 10.9 Å². The van der Waals surface area contributed by atoms with Crippen LogP contribution in [-0.4, -0.2) is 77.6 Å². The molecule has 6 heterocycles. The summed E-state index contributed by atoms with van der Waals surface area (Å²) in [7, 11) is 1.82. The van der Waals surface area contributed by atoms with Gasteiger partial charge in [0, 0.05) is 68.7 Å². The minimum atomic E-state index is -1.17. The number of likely N-dealkylation sites (tertiary alicyclic amines) is 2. The minimum absolute atomic E-state index is 0.0351. The van der Waals surface area contributed by atoms with Crippen LogP contribution >= 0.6 is 22.9 Å². The molecule has 2 aliphatic heterocycles. The summed E-state index contributed by atoms with van der Waals surface area (Å²) in [5.74, 6) is -1.95. The molecular formula is C36H36ClFN6O4S. The van der Waals surface area contributed by atoms with Crippen molar-refractivity contribution in [2.75, 3.05) is 26.2 Å². The van der Waals surface area contributed by atoms with E-state index >= 15 is 4.39 Å². The van der Waals surface area contributed by atoms with Gasteiger partial charge in [-0.1, -0.05) is 48.0 Å². The van der Waals surface area contributed by atoms with E-state index in [2.05, 4.69) is 9.97 Å². The van der Waals surface area contributed by atoms with Crippen LogP contribution in [0.2, 0.25) is 5.02 Å². The summed E-state index contributed by atoms with van der Waals surface area (Å²) in [5, 5.41) is 11.9. The molecule has 254 valence electrons. The van der Waals surface area contributed by atoms with Gasteiger partial charge in [-0.15, -0.1) is 11.3 Å². The Hall–Kier alpha value is -4.39. The van der Waals surface area contributed by atoms with Gasteiger partial charge in [-0.2, -0.15) is 0 Å². The van der Waals surface area contributed by atoms with Gasteiger partial charge in [0.05, 0.1) is 27.4 Å². The molecule has 5 aromatic rings. The molecule has 2 fully saturated rings. The Labute approximate surface area is 291 Å². The van der Waals surface area contributed by atoms with Crippen LogP contribution in [0.5, 0.6) is 0 Å². The third kappa shape index (κ3) is 6.28. The van der Waals surface area contributed by atoms with Crippen molar-refractivity contribution < 1.29 is 19.1 Å². The average molecular weight is 703 g/mol. The van der Waals surface area contributed by atoms with Crippen LogP contribution in [0.3, 0.4) is 0 Å². The van der Waals surface area contributed by atoms with Gasteiger partial charge in [0.25, 0.3) is 11.5 Å². The third-order valence-corrected chi connectivity index (χ3v) is 11.6. The zero-order valence-corrected chi connectivity index (χ0v) is 28.8. The lowest BCUT2D eigenvalue weighted by Crippen LogP contribution is -2.53. The monoisotopic (exact) mass is 702 g/mol. The standard InChI is InChI=1S/C36H36ClFN6O4S/c1-22-8-9-24(18-39-22)30-28(37)29(38)31(49-30)35(47)43-15-11-25(27(19-43)23-6-4-3-5-7-23)33(45)42-16-12-36(48,13-17-42)20-44-21-40-32-26(34(44)46)10-14-41(32)2/h3-10,14,18,21,25,27,48H,11-13,15-17,19-20H2,1-2H3/t25-,27+/m1/s1. The van der Waals surface area contributed by atoms with Crippen molar-refractivity contribution in [3.8, 4) is 10.4 Å². The van der Waals surface area contributed by atoms with Crippen LogP contribution in [-0.2, 0) is 18.4 Å². The van der Waals surface area contributed by atoms with Crippen LogP contribution in [0.15, 0.2) is 72.0 Å². The number of carbonyl (C=O) groups excluding carboxylic acids is 2. The number of fused-ring (bicyclic) bond motifs is 1. The average Bonchev–Trinajstić information content (AvgIpc) is 3.64. The summed E-state index contributed by atoms with van der Waals surface area (Å²) in [4.78, 5) is 53.5. The van der Waals surface area contributed by atoms with Gasteiger partial charge in [-0.05, 0) is 43.9 Å². The number of halogens is 2. The first-order valence-corrected chi connectivity index (χ1v) is 17.5. The molecule has 0 unspecified atom stereocenters. The second-order valence-corrected chi connectivity index (χ2v) is 14.5. The Balaban J connectivity index is 1.06. The van der Waals surface area contributed by atoms with Crippen LogP contribution < -0.4 is 5.56 Å². The fourth-order valence-corrected chi connectivity index (χ4v) is 8.48.